The molecule has 1 atom stereocenters. The van der Waals surface area contributed by atoms with Crippen molar-refractivity contribution in [2.24, 2.45) is 0 Å². The molecule has 0 radical (unpaired) electrons. The lowest BCUT2D eigenvalue weighted by Crippen LogP contribution is -2.33. The summed E-state index contributed by atoms with van der Waals surface area (Å²) < 4.78 is 39.4. The fourth-order valence-corrected chi connectivity index (χ4v) is 4.29. The second kappa shape index (κ2) is 7.25. The van der Waals surface area contributed by atoms with Crippen LogP contribution in [-0.4, -0.2) is 31.1 Å². The summed E-state index contributed by atoms with van der Waals surface area (Å²) in [4.78, 5) is 3.44. The van der Waals surface area contributed by atoms with Crippen LogP contribution in [0.15, 0.2) is 35.7 Å². The van der Waals surface area contributed by atoms with E-state index in [0.29, 0.717) is 0 Å². The molecule has 3 rings (SSSR count). The van der Waals surface area contributed by atoms with Crippen molar-refractivity contribution in [2.75, 3.05) is 26.2 Å². The van der Waals surface area contributed by atoms with Crippen LogP contribution in [0.1, 0.15) is 34.0 Å². The first-order chi connectivity index (χ1) is 11.5. The summed E-state index contributed by atoms with van der Waals surface area (Å²) in [5, 5.41) is 5.38. The van der Waals surface area contributed by atoms with E-state index in [-0.39, 0.29) is 6.04 Å². The van der Waals surface area contributed by atoms with Crippen LogP contribution in [0.5, 0.6) is 0 Å². The lowest BCUT2D eigenvalue weighted by molar-refractivity contribution is -0.137. The number of aryl methyl sites for hydroxylation is 1. The number of nitrogens with one attached hydrogen (secondary N) is 1. The minimum Gasteiger partial charge on any atom is -0.315 e. The molecule has 1 unspecified atom stereocenters. The standard InChI is InChI=1S/C18H21F3N2S/c1-13-6-11-24-17(13)16(23-9-3-7-22-8-10-23)14-4-2-5-15(12-14)18(19,20)21/h2,4-6,11-12,16,22H,3,7-10H2,1H3. The molecule has 0 saturated carbocycles. The van der Waals surface area contributed by atoms with Gasteiger partial charge >= 0.3 is 6.18 Å². The van der Waals surface area contributed by atoms with Crippen molar-refractivity contribution in [1.82, 2.24) is 10.2 Å². The molecule has 24 heavy (non-hydrogen) atoms. The quantitative estimate of drug-likeness (QED) is 0.875. The number of alkyl halides is 3. The maximum atomic E-state index is 13.1. The zero-order chi connectivity index (χ0) is 17.2. The molecule has 1 aromatic carbocycles. The van der Waals surface area contributed by atoms with Gasteiger partial charge < -0.3 is 5.32 Å². The Bertz CT molecular complexity index is 673. The molecular weight excluding hydrogens is 333 g/mol. The highest BCUT2D eigenvalue weighted by molar-refractivity contribution is 7.10. The van der Waals surface area contributed by atoms with Gasteiger partial charge in [0.05, 0.1) is 11.6 Å². The largest absolute Gasteiger partial charge is 0.416 e. The lowest BCUT2D eigenvalue weighted by Gasteiger charge is -2.31. The summed E-state index contributed by atoms with van der Waals surface area (Å²) in [6.45, 7) is 5.56. The van der Waals surface area contributed by atoms with Gasteiger partial charge in [-0.3, -0.25) is 4.90 Å². The summed E-state index contributed by atoms with van der Waals surface area (Å²) in [5.41, 5.74) is 1.28. The highest BCUT2D eigenvalue weighted by atomic mass is 32.1. The van der Waals surface area contributed by atoms with Crippen molar-refractivity contribution >= 4 is 11.3 Å². The Morgan fingerprint density at radius 3 is 2.71 bits per heavy atom. The zero-order valence-electron chi connectivity index (χ0n) is 13.6. The molecule has 0 bridgehead atoms. The third-order valence-corrected chi connectivity index (χ3v) is 5.49. The van der Waals surface area contributed by atoms with Crippen molar-refractivity contribution in [3.63, 3.8) is 0 Å². The van der Waals surface area contributed by atoms with Gasteiger partial charge in [-0.15, -0.1) is 11.3 Å². The van der Waals surface area contributed by atoms with Gasteiger partial charge in [0, 0.05) is 24.5 Å². The second-order valence-corrected chi connectivity index (χ2v) is 7.08. The van der Waals surface area contributed by atoms with Gasteiger partial charge in [-0.2, -0.15) is 13.2 Å². The Morgan fingerprint density at radius 1 is 1.17 bits per heavy atom. The minimum absolute atomic E-state index is 0.118. The van der Waals surface area contributed by atoms with Gasteiger partial charge in [0.15, 0.2) is 0 Å². The van der Waals surface area contributed by atoms with Crippen LogP contribution < -0.4 is 5.32 Å². The molecule has 6 heteroatoms. The number of hydrogen-bond acceptors (Lipinski definition) is 3. The third-order valence-electron chi connectivity index (χ3n) is 4.42. The number of rotatable bonds is 3. The molecular formula is C18H21F3N2S. The number of nitrogens with zero attached hydrogens (tertiary/aromatic N) is 1. The molecule has 2 nitrogen and oxygen atoms in total. The maximum absolute atomic E-state index is 13.1. The predicted octanol–water partition coefficient (Wildman–Crippen LogP) is 4.46. The molecule has 1 fully saturated rings. The molecule has 1 aliphatic rings. The minimum atomic E-state index is -4.31. The van der Waals surface area contributed by atoms with E-state index in [1.165, 1.54) is 12.1 Å². The fraction of sp³-hybridized carbons (Fsp3) is 0.444. The third kappa shape index (κ3) is 3.82. The van der Waals surface area contributed by atoms with Crippen LogP contribution in [0.25, 0.3) is 0 Å². The van der Waals surface area contributed by atoms with Crippen molar-refractivity contribution < 1.29 is 13.2 Å². The van der Waals surface area contributed by atoms with E-state index in [4.69, 9.17) is 0 Å². The SMILES string of the molecule is Cc1ccsc1C(c1cccc(C(F)(F)F)c1)N1CCCNCC1. The van der Waals surface area contributed by atoms with E-state index in [9.17, 15) is 13.2 Å². The summed E-state index contributed by atoms with van der Waals surface area (Å²) in [6, 6.07) is 7.71. The Balaban J connectivity index is 2.03. The molecule has 1 aliphatic heterocycles. The molecule has 1 aromatic heterocycles. The first-order valence-corrected chi connectivity index (χ1v) is 9.00. The van der Waals surface area contributed by atoms with Crippen LogP contribution in [0.4, 0.5) is 13.2 Å². The molecule has 2 aromatic rings. The highest BCUT2D eigenvalue weighted by Crippen LogP contribution is 2.37. The van der Waals surface area contributed by atoms with Crippen molar-refractivity contribution in [1.29, 1.82) is 0 Å². The van der Waals surface area contributed by atoms with Gasteiger partial charge in [-0.05, 0) is 54.6 Å². The number of hydrogen-bond donors (Lipinski definition) is 1. The van der Waals surface area contributed by atoms with E-state index in [2.05, 4.69) is 10.2 Å². The molecule has 0 amide bonds. The smallest absolute Gasteiger partial charge is 0.315 e. The Kier molecular flexibility index (Phi) is 5.27. The number of benzene rings is 1. The number of halogens is 3. The lowest BCUT2D eigenvalue weighted by atomic mass is 9.98. The Labute approximate surface area is 144 Å². The monoisotopic (exact) mass is 354 g/mol. The highest BCUT2D eigenvalue weighted by Gasteiger charge is 2.32. The van der Waals surface area contributed by atoms with E-state index < -0.39 is 11.7 Å². The molecule has 130 valence electrons. The van der Waals surface area contributed by atoms with Crippen LogP contribution >= 0.6 is 11.3 Å². The molecule has 0 spiro atoms. The maximum Gasteiger partial charge on any atom is 0.416 e. The van der Waals surface area contributed by atoms with Crippen LogP contribution in [-0.2, 0) is 6.18 Å². The van der Waals surface area contributed by atoms with Gasteiger partial charge in [0.2, 0.25) is 0 Å². The molecule has 2 heterocycles. The summed E-state index contributed by atoms with van der Waals surface area (Å²) in [7, 11) is 0. The van der Waals surface area contributed by atoms with Crippen LogP contribution in [0.3, 0.4) is 0 Å². The van der Waals surface area contributed by atoms with E-state index >= 15 is 0 Å². The normalized spacial score (nSPS) is 18.3. The predicted molar refractivity (Wildman–Crippen MR) is 91.4 cm³/mol. The first kappa shape index (κ1) is 17.5. The topological polar surface area (TPSA) is 15.3 Å². The summed E-state index contributed by atoms with van der Waals surface area (Å²) in [6.07, 6.45) is -3.31. The zero-order valence-corrected chi connectivity index (χ0v) is 14.4. The molecule has 1 N–H and O–H groups in total. The van der Waals surface area contributed by atoms with Gasteiger partial charge in [-0.25, -0.2) is 0 Å². The van der Waals surface area contributed by atoms with Crippen LogP contribution in [0.2, 0.25) is 0 Å². The van der Waals surface area contributed by atoms with Crippen LogP contribution in [0, 0.1) is 6.92 Å². The molecule has 0 aliphatic carbocycles. The van der Waals surface area contributed by atoms with E-state index in [1.807, 2.05) is 24.4 Å². The Morgan fingerprint density at radius 2 is 2.00 bits per heavy atom. The summed E-state index contributed by atoms with van der Waals surface area (Å²) >= 11 is 1.62. The van der Waals surface area contributed by atoms with Gasteiger partial charge in [-0.1, -0.05) is 12.1 Å². The molecule has 1 saturated heterocycles. The van der Waals surface area contributed by atoms with E-state index in [0.717, 1.165) is 54.7 Å². The van der Waals surface area contributed by atoms with E-state index in [1.54, 1.807) is 11.3 Å². The number of thiophene rings is 1. The van der Waals surface area contributed by atoms with Gasteiger partial charge in [0.25, 0.3) is 0 Å². The van der Waals surface area contributed by atoms with Crippen molar-refractivity contribution in [3.05, 3.63) is 57.3 Å². The van der Waals surface area contributed by atoms with Crippen molar-refractivity contribution in [3.8, 4) is 0 Å². The van der Waals surface area contributed by atoms with Crippen molar-refractivity contribution in [2.45, 2.75) is 25.6 Å². The average Bonchev–Trinajstić information content (AvgIpc) is 2.80. The fourth-order valence-electron chi connectivity index (χ4n) is 3.20. The van der Waals surface area contributed by atoms with Gasteiger partial charge in [0.1, 0.15) is 0 Å². The second-order valence-electron chi connectivity index (χ2n) is 6.13. The summed E-state index contributed by atoms with van der Waals surface area (Å²) in [5.74, 6) is 0. The first-order valence-electron chi connectivity index (χ1n) is 8.13. The Hall–Kier alpha value is -1.37. The average molecular weight is 354 g/mol.